The third-order valence-corrected chi connectivity index (χ3v) is 3.84. The predicted molar refractivity (Wildman–Crippen MR) is 77.2 cm³/mol. The van der Waals surface area contributed by atoms with E-state index >= 15 is 0 Å². The van der Waals surface area contributed by atoms with Gasteiger partial charge in [0.25, 0.3) is 0 Å². The Labute approximate surface area is 124 Å². The molecule has 2 amide bonds. The van der Waals surface area contributed by atoms with Crippen LogP contribution in [0.4, 0.5) is 14.9 Å². The molecule has 1 rings (SSSR count). The molecule has 110 valence electrons. The molecule has 1 aromatic carbocycles. The fourth-order valence-corrected chi connectivity index (χ4v) is 2.09. The molecule has 0 aliphatic rings. The number of carbonyl (C=O) groups is 2. The van der Waals surface area contributed by atoms with Crippen molar-refractivity contribution < 1.29 is 19.1 Å². The van der Waals surface area contributed by atoms with Crippen LogP contribution in [-0.2, 0) is 4.79 Å². The molecule has 5 nitrogen and oxygen atoms in total. The number of hydrogen-bond acceptors (Lipinski definition) is 2. The molecule has 0 spiro atoms. The van der Waals surface area contributed by atoms with E-state index in [0.717, 1.165) is 6.07 Å². The number of urea groups is 1. The van der Waals surface area contributed by atoms with Gasteiger partial charge in [-0.2, -0.15) is 0 Å². The lowest BCUT2D eigenvalue weighted by Crippen LogP contribution is -2.55. The summed E-state index contributed by atoms with van der Waals surface area (Å²) in [5.74, 6) is -1.60. The van der Waals surface area contributed by atoms with Gasteiger partial charge < -0.3 is 15.7 Å². The maximum Gasteiger partial charge on any atom is 0.329 e. The van der Waals surface area contributed by atoms with E-state index in [2.05, 4.69) is 26.6 Å². The Morgan fingerprint density at radius 1 is 1.35 bits per heavy atom. The molecule has 0 saturated heterocycles. The van der Waals surface area contributed by atoms with Gasteiger partial charge in [-0.15, -0.1) is 0 Å². The lowest BCUT2D eigenvalue weighted by atomic mass is 9.93. The summed E-state index contributed by atoms with van der Waals surface area (Å²) < 4.78 is 13.6. The molecule has 0 aliphatic heterocycles. The van der Waals surface area contributed by atoms with Gasteiger partial charge in [-0.25, -0.2) is 14.0 Å². The number of carboxylic acid groups (broad SMARTS) is 1. The Hall–Kier alpha value is -1.63. The zero-order valence-corrected chi connectivity index (χ0v) is 12.8. The van der Waals surface area contributed by atoms with Crippen molar-refractivity contribution in [1.29, 1.82) is 0 Å². The van der Waals surface area contributed by atoms with Gasteiger partial charge in [0.2, 0.25) is 0 Å². The normalized spacial score (nSPS) is 11.0. The van der Waals surface area contributed by atoms with Gasteiger partial charge in [0, 0.05) is 4.47 Å². The first-order valence-corrected chi connectivity index (χ1v) is 6.91. The first kappa shape index (κ1) is 16.4. The summed E-state index contributed by atoms with van der Waals surface area (Å²) in [6, 6.07) is 3.15. The summed E-state index contributed by atoms with van der Waals surface area (Å²) >= 11 is 3.18. The minimum atomic E-state index is -1.33. The van der Waals surface area contributed by atoms with Crippen molar-refractivity contribution in [1.82, 2.24) is 5.32 Å². The molecule has 0 bridgehead atoms. The van der Waals surface area contributed by atoms with E-state index in [1.54, 1.807) is 13.8 Å². The molecule has 7 heteroatoms. The molecule has 20 heavy (non-hydrogen) atoms. The molecule has 0 atom stereocenters. The van der Waals surface area contributed by atoms with Crippen molar-refractivity contribution in [2.75, 3.05) is 5.32 Å². The standard InChI is InChI=1S/C13H16BrFN2O3/c1-3-13(4-2,11(18)19)17-12(20)16-10-7-8(15)5-6-9(10)14/h5-7H,3-4H2,1-2H3,(H,18,19)(H2,16,17,20). The minimum Gasteiger partial charge on any atom is -0.480 e. The third kappa shape index (κ3) is 3.69. The fourth-order valence-electron chi connectivity index (χ4n) is 1.75. The van der Waals surface area contributed by atoms with Crippen LogP contribution < -0.4 is 10.6 Å². The van der Waals surface area contributed by atoms with Gasteiger partial charge >= 0.3 is 12.0 Å². The molecular formula is C13H16BrFN2O3. The predicted octanol–water partition coefficient (Wildman–Crippen LogP) is 3.35. The quantitative estimate of drug-likeness (QED) is 0.764. The number of aliphatic carboxylic acids is 1. The van der Waals surface area contributed by atoms with E-state index in [1.807, 2.05) is 0 Å². The maximum absolute atomic E-state index is 13.1. The number of benzene rings is 1. The number of carboxylic acids is 1. The van der Waals surface area contributed by atoms with Gasteiger partial charge in [-0.05, 0) is 47.0 Å². The Kier molecular flexibility index (Phi) is 5.50. The number of hydrogen-bond donors (Lipinski definition) is 3. The fraction of sp³-hybridized carbons (Fsp3) is 0.385. The first-order valence-electron chi connectivity index (χ1n) is 6.12. The number of nitrogens with one attached hydrogen (secondary N) is 2. The lowest BCUT2D eigenvalue weighted by Gasteiger charge is -2.28. The number of amides is 2. The highest BCUT2D eigenvalue weighted by atomic mass is 79.9. The smallest absolute Gasteiger partial charge is 0.329 e. The van der Waals surface area contributed by atoms with Crippen LogP contribution in [0.15, 0.2) is 22.7 Å². The summed E-state index contributed by atoms with van der Waals surface area (Å²) in [5, 5.41) is 14.1. The third-order valence-electron chi connectivity index (χ3n) is 3.15. The highest BCUT2D eigenvalue weighted by Crippen LogP contribution is 2.23. The van der Waals surface area contributed by atoms with Crippen LogP contribution >= 0.6 is 15.9 Å². The van der Waals surface area contributed by atoms with Crippen molar-refractivity contribution >= 4 is 33.6 Å². The zero-order valence-electron chi connectivity index (χ0n) is 11.2. The summed E-state index contributed by atoms with van der Waals surface area (Å²) in [6.07, 6.45) is 0.493. The number of carbonyl (C=O) groups excluding carboxylic acids is 1. The second-order valence-corrected chi connectivity index (χ2v) is 5.15. The highest BCUT2D eigenvalue weighted by molar-refractivity contribution is 9.10. The molecule has 0 aromatic heterocycles. The van der Waals surface area contributed by atoms with Crippen molar-refractivity contribution in [3.05, 3.63) is 28.5 Å². The van der Waals surface area contributed by atoms with Crippen LogP contribution in [-0.4, -0.2) is 22.6 Å². The van der Waals surface area contributed by atoms with Crippen molar-refractivity contribution in [3.63, 3.8) is 0 Å². The van der Waals surface area contributed by atoms with Crippen LogP contribution in [0.5, 0.6) is 0 Å². The molecule has 3 N–H and O–H groups in total. The minimum absolute atomic E-state index is 0.231. The van der Waals surface area contributed by atoms with Gasteiger partial charge in [0.05, 0.1) is 5.69 Å². The van der Waals surface area contributed by atoms with Crippen molar-refractivity contribution in [2.24, 2.45) is 0 Å². The number of anilines is 1. The zero-order chi connectivity index (χ0) is 15.3. The van der Waals surface area contributed by atoms with E-state index < -0.39 is 23.4 Å². The monoisotopic (exact) mass is 346 g/mol. The van der Waals surface area contributed by atoms with Crippen LogP contribution in [0.3, 0.4) is 0 Å². The number of halogens is 2. The summed E-state index contributed by atoms with van der Waals surface area (Å²) in [4.78, 5) is 23.2. The van der Waals surface area contributed by atoms with Gasteiger partial charge in [-0.3, -0.25) is 0 Å². The molecule has 0 aliphatic carbocycles. The van der Waals surface area contributed by atoms with Gasteiger partial charge in [0.15, 0.2) is 0 Å². The van der Waals surface area contributed by atoms with E-state index in [0.29, 0.717) is 4.47 Å². The Bertz CT molecular complexity index is 518. The second-order valence-electron chi connectivity index (χ2n) is 4.30. The van der Waals surface area contributed by atoms with Crippen molar-refractivity contribution in [3.8, 4) is 0 Å². The van der Waals surface area contributed by atoms with E-state index in [9.17, 15) is 19.1 Å². The average molecular weight is 347 g/mol. The lowest BCUT2D eigenvalue weighted by molar-refractivity contribution is -0.144. The largest absolute Gasteiger partial charge is 0.480 e. The maximum atomic E-state index is 13.1. The van der Waals surface area contributed by atoms with E-state index in [1.165, 1.54) is 12.1 Å². The number of rotatable bonds is 5. The molecule has 0 saturated carbocycles. The van der Waals surface area contributed by atoms with Crippen molar-refractivity contribution in [2.45, 2.75) is 32.2 Å². The van der Waals surface area contributed by atoms with Crippen LogP contribution in [0.1, 0.15) is 26.7 Å². The SMILES string of the molecule is CCC(CC)(NC(=O)Nc1cc(F)ccc1Br)C(=O)O. The molecule has 0 radical (unpaired) electrons. The van der Waals surface area contributed by atoms with E-state index in [4.69, 9.17) is 0 Å². The topological polar surface area (TPSA) is 78.4 Å². The molecular weight excluding hydrogens is 331 g/mol. The Morgan fingerprint density at radius 2 is 1.95 bits per heavy atom. The van der Waals surface area contributed by atoms with E-state index in [-0.39, 0.29) is 18.5 Å². The highest BCUT2D eigenvalue weighted by Gasteiger charge is 2.36. The van der Waals surface area contributed by atoms with Gasteiger partial charge in [0.1, 0.15) is 11.4 Å². The average Bonchev–Trinajstić information content (AvgIpc) is 2.40. The summed E-state index contributed by atoms with van der Waals surface area (Å²) in [5.41, 5.74) is -1.10. The van der Waals surface area contributed by atoms with Crippen LogP contribution in [0.25, 0.3) is 0 Å². The second kappa shape index (κ2) is 6.69. The molecule has 0 heterocycles. The molecule has 0 fully saturated rings. The molecule has 0 unspecified atom stereocenters. The summed E-state index contributed by atoms with van der Waals surface area (Å²) in [6.45, 7) is 3.35. The first-order chi connectivity index (χ1) is 9.34. The van der Waals surface area contributed by atoms with Crippen LogP contribution in [0, 0.1) is 5.82 Å². The Balaban J connectivity index is 2.86. The summed E-state index contributed by atoms with van der Waals surface area (Å²) in [7, 11) is 0. The van der Waals surface area contributed by atoms with Crippen LogP contribution in [0.2, 0.25) is 0 Å². The molecule has 1 aromatic rings. The van der Waals surface area contributed by atoms with Gasteiger partial charge in [-0.1, -0.05) is 13.8 Å². The Morgan fingerprint density at radius 3 is 2.45 bits per heavy atom.